The molecule has 0 saturated carbocycles. The summed E-state index contributed by atoms with van der Waals surface area (Å²) < 4.78 is 0. The van der Waals surface area contributed by atoms with Crippen LogP contribution < -0.4 is 5.32 Å². The first-order valence-electron chi connectivity index (χ1n) is 7.75. The van der Waals surface area contributed by atoms with Gasteiger partial charge in [0.1, 0.15) is 16.5 Å². The van der Waals surface area contributed by atoms with Crippen molar-refractivity contribution in [2.45, 2.75) is 33.1 Å². The van der Waals surface area contributed by atoms with Crippen molar-refractivity contribution in [3.8, 4) is 0 Å². The lowest BCUT2D eigenvalue weighted by molar-refractivity contribution is 0.761. The number of aromatic nitrogens is 2. The summed E-state index contributed by atoms with van der Waals surface area (Å²) in [6.07, 6.45) is 3.47. The second kappa shape index (κ2) is 6.88. The molecule has 1 aromatic carbocycles. The van der Waals surface area contributed by atoms with Crippen LogP contribution in [0.4, 0.5) is 5.82 Å². The number of nitrogens with zero attached hydrogens (tertiary/aromatic N) is 2. The van der Waals surface area contributed by atoms with Crippen molar-refractivity contribution in [1.29, 1.82) is 0 Å². The number of anilines is 1. The molecule has 3 rings (SSSR count). The molecule has 114 valence electrons. The fourth-order valence-corrected chi connectivity index (χ4v) is 3.51. The molecule has 0 fully saturated rings. The summed E-state index contributed by atoms with van der Waals surface area (Å²) in [4.78, 5) is 11.4. The molecule has 3 nitrogen and oxygen atoms in total. The highest BCUT2D eigenvalue weighted by atomic mass is 32.1. The Kier molecular flexibility index (Phi) is 4.68. The zero-order valence-corrected chi connectivity index (χ0v) is 13.9. The Morgan fingerprint density at radius 1 is 1.05 bits per heavy atom. The Balaban J connectivity index is 1.55. The van der Waals surface area contributed by atoms with Crippen molar-refractivity contribution in [1.82, 2.24) is 9.97 Å². The van der Waals surface area contributed by atoms with E-state index in [0.717, 1.165) is 41.2 Å². The Morgan fingerprint density at radius 3 is 2.68 bits per heavy atom. The van der Waals surface area contributed by atoms with Gasteiger partial charge in [0, 0.05) is 11.4 Å². The van der Waals surface area contributed by atoms with Gasteiger partial charge in [-0.15, -0.1) is 11.3 Å². The molecule has 1 N–H and O–H groups in total. The number of benzene rings is 1. The number of aryl methyl sites for hydroxylation is 3. The Bertz CT molecular complexity index is 750. The predicted octanol–water partition coefficient (Wildman–Crippen LogP) is 4.74. The van der Waals surface area contributed by atoms with Crippen LogP contribution in [0.15, 0.2) is 36.4 Å². The van der Waals surface area contributed by atoms with Gasteiger partial charge in [0.05, 0.1) is 5.39 Å². The SMILES string of the molecule is Cc1nc(NCCCCc2ccccc2)c2cc(C)sc2n1. The second-order valence-corrected chi connectivity index (χ2v) is 6.80. The summed E-state index contributed by atoms with van der Waals surface area (Å²) in [7, 11) is 0. The minimum atomic E-state index is 0.834. The maximum atomic E-state index is 4.55. The monoisotopic (exact) mass is 311 g/mol. The molecule has 0 radical (unpaired) electrons. The molecule has 0 spiro atoms. The van der Waals surface area contributed by atoms with Gasteiger partial charge in [0.15, 0.2) is 0 Å². The van der Waals surface area contributed by atoms with Crippen LogP contribution in [-0.4, -0.2) is 16.5 Å². The lowest BCUT2D eigenvalue weighted by Crippen LogP contribution is -2.05. The average molecular weight is 311 g/mol. The first-order valence-corrected chi connectivity index (χ1v) is 8.56. The Labute approximate surface area is 135 Å². The smallest absolute Gasteiger partial charge is 0.138 e. The van der Waals surface area contributed by atoms with E-state index >= 15 is 0 Å². The minimum absolute atomic E-state index is 0.834. The highest BCUT2D eigenvalue weighted by Gasteiger charge is 2.08. The summed E-state index contributed by atoms with van der Waals surface area (Å²) >= 11 is 1.73. The summed E-state index contributed by atoms with van der Waals surface area (Å²) in [5.41, 5.74) is 1.41. The third-order valence-corrected chi connectivity index (χ3v) is 4.60. The van der Waals surface area contributed by atoms with Gasteiger partial charge in [-0.05, 0) is 44.7 Å². The van der Waals surface area contributed by atoms with Crippen LogP contribution in [0.25, 0.3) is 10.2 Å². The van der Waals surface area contributed by atoms with Gasteiger partial charge < -0.3 is 5.32 Å². The molecule has 2 aromatic heterocycles. The zero-order chi connectivity index (χ0) is 15.4. The molecule has 0 unspecified atom stereocenters. The van der Waals surface area contributed by atoms with Crippen molar-refractivity contribution in [2.24, 2.45) is 0 Å². The molecule has 0 aliphatic heterocycles. The van der Waals surface area contributed by atoms with E-state index in [4.69, 9.17) is 0 Å². The van der Waals surface area contributed by atoms with E-state index in [1.165, 1.54) is 16.9 Å². The molecular formula is C18H21N3S. The van der Waals surface area contributed by atoms with Crippen LogP contribution in [0.5, 0.6) is 0 Å². The van der Waals surface area contributed by atoms with E-state index < -0.39 is 0 Å². The van der Waals surface area contributed by atoms with Crippen LogP contribution >= 0.6 is 11.3 Å². The van der Waals surface area contributed by atoms with Crippen LogP contribution in [0.2, 0.25) is 0 Å². The first kappa shape index (κ1) is 15.0. The van der Waals surface area contributed by atoms with Crippen LogP contribution in [-0.2, 0) is 6.42 Å². The maximum absolute atomic E-state index is 4.55. The fourth-order valence-electron chi connectivity index (χ4n) is 2.59. The van der Waals surface area contributed by atoms with Crippen molar-refractivity contribution < 1.29 is 0 Å². The van der Waals surface area contributed by atoms with E-state index in [9.17, 15) is 0 Å². The molecule has 0 bridgehead atoms. The Morgan fingerprint density at radius 2 is 1.86 bits per heavy atom. The zero-order valence-electron chi connectivity index (χ0n) is 13.1. The summed E-state index contributed by atoms with van der Waals surface area (Å²) in [5.74, 6) is 1.81. The number of fused-ring (bicyclic) bond motifs is 1. The van der Waals surface area contributed by atoms with E-state index in [1.54, 1.807) is 11.3 Å². The quantitative estimate of drug-likeness (QED) is 0.668. The highest BCUT2D eigenvalue weighted by molar-refractivity contribution is 7.18. The average Bonchev–Trinajstić information content (AvgIpc) is 2.88. The first-order chi connectivity index (χ1) is 10.7. The standard InChI is InChI=1S/C18H21N3S/c1-13-12-16-17(20-14(2)21-18(16)22-13)19-11-7-6-10-15-8-4-3-5-9-15/h3-5,8-9,12H,6-7,10-11H2,1-2H3,(H,19,20,21). The third kappa shape index (κ3) is 3.63. The summed E-state index contributed by atoms with van der Waals surface area (Å²) in [5, 5.41) is 4.63. The van der Waals surface area contributed by atoms with E-state index in [2.05, 4.69) is 58.6 Å². The largest absolute Gasteiger partial charge is 0.369 e. The third-order valence-electron chi connectivity index (χ3n) is 3.66. The number of hydrogen-bond donors (Lipinski definition) is 1. The number of thiophene rings is 1. The molecule has 0 aliphatic carbocycles. The number of hydrogen-bond acceptors (Lipinski definition) is 4. The number of rotatable bonds is 6. The highest BCUT2D eigenvalue weighted by Crippen LogP contribution is 2.28. The molecule has 4 heteroatoms. The van der Waals surface area contributed by atoms with E-state index in [-0.39, 0.29) is 0 Å². The van der Waals surface area contributed by atoms with Gasteiger partial charge in [-0.25, -0.2) is 9.97 Å². The molecule has 0 atom stereocenters. The van der Waals surface area contributed by atoms with Crippen LogP contribution in [0, 0.1) is 13.8 Å². The normalized spacial score (nSPS) is 11.0. The van der Waals surface area contributed by atoms with E-state index in [0.29, 0.717) is 0 Å². The topological polar surface area (TPSA) is 37.8 Å². The fraction of sp³-hybridized carbons (Fsp3) is 0.333. The van der Waals surface area contributed by atoms with E-state index in [1.807, 2.05) is 6.92 Å². The molecule has 0 amide bonds. The van der Waals surface area contributed by atoms with Crippen molar-refractivity contribution in [3.63, 3.8) is 0 Å². The molecule has 22 heavy (non-hydrogen) atoms. The number of unbranched alkanes of at least 4 members (excludes halogenated alkanes) is 1. The molecule has 2 heterocycles. The Hall–Kier alpha value is -1.94. The molecule has 0 aliphatic rings. The minimum Gasteiger partial charge on any atom is -0.369 e. The van der Waals surface area contributed by atoms with Gasteiger partial charge in [0.2, 0.25) is 0 Å². The molecular weight excluding hydrogens is 290 g/mol. The second-order valence-electron chi connectivity index (χ2n) is 5.56. The summed E-state index contributed by atoms with van der Waals surface area (Å²) in [6, 6.07) is 12.8. The lowest BCUT2D eigenvalue weighted by atomic mass is 10.1. The van der Waals surface area contributed by atoms with Gasteiger partial charge in [-0.3, -0.25) is 0 Å². The van der Waals surface area contributed by atoms with Crippen molar-refractivity contribution >= 4 is 27.4 Å². The van der Waals surface area contributed by atoms with Gasteiger partial charge in [-0.2, -0.15) is 0 Å². The van der Waals surface area contributed by atoms with Gasteiger partial charge in [0.25, 0.3) is 0 Å². The molecule has 0 saturated heterocycles. The van der Waals surface area contributed by atoms with Crippen molar-refractivity contribution in [2.75, 3.05) is 11.9 Å². The van der Waals surface area contributed by atoms with Crippen LogP contribution in [0.1, 0.15) is 29.1 Å². The predicted molar refractivity (Wildman–Crippen MR) is 94.8 cm³/mol. The maximum Gasteiger partial charge on any atom is 0.138 e. The van der Waals surface area contributed by atoms with Crippen LogP contribution in [0.3, 0.4) is 0 Å². The number of nitrogens with one attached hydrogen (secondary N) is 1. The molecule has 3 aromatic rings. The summed E-state index contributed by atoms with van der Waals surface area (Å²) in [6.45, 7) is 5.02. The van der Waals surface area contributed by atoms with Gasteiger partial charge in [-0.1, -0.05) is 30.3 Å². The lowest BCUT2D eigenvalue weighted by Gasteiger charge is -2.07. The van der Waals surface area contributed by atoms with Gasteiger partial charge >= 0.3 is 0 Å². The van der Waals surface area contributed by atoms with Crippen molar-refractivity contribution in [3.05, 3.63) is 52.7 Å².